The fourth-order valence-corrected chi connectivity index (χ4v) is 5.02. The number of rotatable bonds is 6. The zero-order valence-electron chi connectivity index (χ0n) is 15.9. The summed E-state index contributed by atoms with van der Waals surface area (Å²) in [5.74, 6) is -0.388. The molecule has 10 nitrogen and oxygen atoms in total. The van der Waals surface area contributed by atoms with Gasteiger partial charge in [0.15, 0.2) is 0 Å². The van der Waals surface area contributed by atoms with Crippen LogP contribution in [0, 0.1) is 26.1 Å². The second-order valence-electron chi connectivity index (χ2n) is 6.97. The van der Waals surface area contributed by atoms with E-state index in [1.54, 1.807) is 0 Å². The molecule has 0 aliphatic carbocycles. The van der Waals surface area contributed by atoms with Crippen LogP contribution in [-0.4, -0.2) is 35.7 Å². The highest BCUT2D eigenvalue weighted by Crippen LogP contribution is 2.39. The highest BCUT2D eigenvalue weighted by molar-refractivity contribution is 7.89. The molecule has 0 N–H and O–H groups in total. The van der Waals surface area contributed by atoms with E-state index < -0.39 is 31.2 Å². The van der Waals surface area contributed by atoms with Gasteiger partial charge >= 0.3 is 11.4 Å². The zero-order valence-corrected chi connectivity index (χ0v) is 17.4. The minimum Gasteiger partial charge on any atom is -0.443 e. The van der Waals surface area contributed by atoms with Gasteiger partial charge in [0, 0.05) is 30.2 Å². The van der Waals surface area contributed by atoms with Crippen molar-refractivity contribution in [3.05, 3.63) is 61.6 Å². The molecule has 3 rings (SSSR count). The Bertz CT molecular complexity index is 1110. The molecule has 0 bridgehead atoms. The Morgan fingerprint density at radius 1 is 1.07 bits per heavy atom. The Hall–Kier alpha value is -2.76. The fraction of sp³-hybridized carbons (Fsp3) is 0.333. The molecular formula is C18H18ClN3O7S. The van der Waals surface area contributed by atoms with Gasteiger partial charge in [-0.25, -0.2) is 8.42 Å². The van der Waals surface area contributed by atoms with E-state index in [1.165, 1.54) is 22.5 Å². The van der Waals surface area contributed by atoms with Crippen molar-refractivity contribution in [2.75, 3.05) is 13.1 Å². The Morgan fingerprint density at radius 2 is 1.67 bits per heavy atom. The third-order valence-corrected chi connectivity index (χ3v) is 6.82. The highest BCUT2D eigenvalue weighted by Gasteiger charge is 2.31. The smallest absolute Gasteiger partial charge is 0.313 e. The normalized spacial score (nSPS) is 17.5. The molecule has 2 aromatic carbocycles. The third-order valence-electron chi connectivity index (χ3n) is 4.72. The molecule has 1 saturated heterocycles. The van der Waals surface area contributed by atoms with Gasteiger partial charge in [-0.15, -0.1) is 0 Å². The highest BCUT2D eigenvalue weighted by atomic mass is 35.5. The summed E-state index contributed by atoms with van der Waals surface area (Å²) < 4.78 is 32.5. The molecule has 2 aromatic rings. The van der Waals surface area contributed by atoms with E-state index in [9.17, 15) is 28.6 Å². The first-order valence-corrected chi connectivity index (χ1v) is 10.8. The van der Waals surface area contributed by atoms with Gasteiger partial charge in [0.2, 0.25) is 21.5 Å². The molecule has 0 spiro atoms. The number of sulfonamides is 1. The zero-order chi connectivity index (χ0) is 22.1. The first-order chi connectivity index (χ1) is 14.1. The largest absolute Gasteiger partial charge is 0.443 e. The Morgan fingerprint density at radius 3 is 2.27 bits per heavy atom. The topological polar surface area (TPSA) is 133 Å². The van der Waals surface area contributed by atoms with Gasteiger partial charge in [-0.3, -0.25) is 20.2 Å². The van der Waals surface area contributed by atoms with E-state index >= 15 is 0 Å². The summed E-state index contributed by atoms with van der Waals surface area (Å²) in [7, 11) is -3.92. The van der Waals surface area contributed by atoms with E-state index in [1.807, 2.05) is 6.92 Å². The Balaban J connectivity index is 1.99. The molecule has 0 saturated carbocycles. The van der Waals surface area contributed by atoms with Crippen LogP contribution in [0.5, 0.6) is 11.5 Å². The van der Waals surface area contributed by atoms with Crippen molar-refractivity contribution in [1.29, 1.82) is 0 Å². The van der Waals surface area contributed by atoms with Gasteiger partial charge in [0.05, 0.1) is 14.7 Å². The first-order valence-electron chi connectivity index (χ1n) is 9.00. The minimum absolute atomic E-state index is 0.0979. The van der Waals surface area contributed by atoms with Crippen LogP contribution < -0.4 is 4.74 Å². The van der Waals surface area contributed by atoms with Crippen LogP contribution in [0.4, 0.5) is 11.4 Å². The number of ether oxygens (including phenoxy) is 1. The molecule has 0 radical (unpaired) electrons. The van der Waals surface area contributed by atoms with Gasteiger partial charge in [0.25, 0.3) is 0 Å². The molecule has 1 aliphatic heterocycles. The molecule has 30 heavy (non-hydrogen) atoms. The van der Waals surface area contributed by atoms with E-state index in [4.69, 9.17) is 16.3 Å². The van der Waals surface area contributed by atoms with Gasteiger partial charge in [-0.05, 0) is 43.0 Å². The third kappa shape index (κ3) is 4.53. The molecular weight excluding hydrogens is 438 g/mol. The lowest BCUT2D eigenvalue weighted by atomic mass is 10.0. The summed E-state index contributed by atoms with van der Waals surface area (Å²) in [6.45, 7) is 2.63. The van der Waals surface area contributed by atoms with Crippen LogP contribution in [0.15, 0.2) is 41.3 Å². The second-order valence-corrected chi connectivity index (χ2v) is 9.34. The van der Waals surface area contributed by atoms with Crippen LogP contribution in [0.1, 0.15) is 19.8 Å². The summed E-state index contributed by atoms with van der Waals surface area (Å²) in [6, 6.07) is 6.83. The summed E-state index contributed by atoms with van der Waals surface area (Å²) in [6.07, 6.45) is 1.63. The summed E-state index contributed by atoms with van der Waals surface area (Å²) in [5.41, 5.74) is -1.10. The average Bonchev–Trinajstić information content (AvgIpc) is 2.69. The standard InChI is InChI=1S/C18H18ClN3O7S/c1-12-3-2-8-20(11-12)30(27,28)14-5-7-18(16(10-14)22(25)26)29-17-6-4-13(19)9-15(17)21(23)24/h4-7,9-10,12H,2-3,8,11H2,1H3. The number of nitro benzene ring substituents is 2. The maximum absolute atomic E-state index is 12.9. The number of nitro groups is 2. The molecule has 1 heterocycles. The van der Waals surface area contributed by atoms with Crippen LogP contribution in [0.2, 0.25) is 5.02 Å². The lowest BCUT2D eigenvalue weighted by Crippen LogP contribution is -2.39. The Labute approximate surface area is 177 Å². The molecule has 0 amide bonds. The monoisotopic (exact) mass is 455 g/mol. The van der Waals surface area contributed by atoms with Crippen LogP contribution in [-0.2, 0) is 10.0 Å². The van der Waals surface area contributed by atoms with E-state index in [2.05, 4.69) is 0 Å². The molecule has 1 atom stereocenters. The SMILES string of the molecule is CC1CCCN(S(=O)(=O)c2ccc(Oc3ccc(Cl)cc3[N+](=O)[O-])c([N+](=O)[O-])c2)C1. The maximum atomic E-state index is 12.9. The van der Waals surface area contributed by atoms with Gasteiger partial charge in [-0.2, -0.15) is 4.31 Å². The van der Waals surface area contributed by atoms with E-state index in [-0.39, 0.29) is 27.3 Å². The quantitative estimate of drug-likeness (QED) is 0.466. The lowest BCUT2D eigenvalue weighted by Gasteiger charge is -2.30. The van der Waals surface area contributed by atoms with Crippen molar-refractivity contribution >= 4 is 33.0 Å². The fourth-order valence-electron chi connectivity index (χ4n) is 3.24. The number of hydrogen-bond acceptors (Lipinski definition) is 7. The number of hydrogen-bond donors (Lipinski definition) is 0. The number of benzene rings is 2. The molecule has 1 unspecified atom stereocenters. The van der Waals surface area contributed by atoms with Crippen LogP contribution in [0.3, 0.4) is 0 Å². The second kappa shape index (κ2) is 8.54. The van der Waals surface area contributed by atoms with Crippen molar-refractivity contribution in [2.45, 2.75) is 24.7 Å². The molecule has 160 valence electrons. The Kier molecular flexibility index (Phi) is 6.25. The number of piperidine rings is 1. The minimum atomic E-state index is -3.92. The van der Waals surface area contributed by atoms with Gasteiger partial charge in [0.1, 0.15) is 0 Å². The summed E-state index contributed by atoms with van der Waals surface area (Å²) >= 11 is 5.76. The van der Waals surface area contributed by atoms with E-state index in [0.29, 0.717) is 19.5 Å². The van der Waals surface area contributed by atoms with Crippen molar-refractivity contribution in [2.24, 2.45) is 5.92 Å². The molecule has 0 aromatic heterocycles. The number of nitrogens with zero attached hydrogens (tertiary/aromatic N) is 3. The van der Waals surface area contributed by atoms with Crippen LogP contribution in [0.25, 0.3) is 0 Å². The van der Waals surface area contributed by atoms with Gasteiger partial charge in [-0.1, -0.05) is 18.5 Å². The molecule has 1 fully saturated rings. The lowest BCUT2D eigenvalue weighted by molar-refractivity contribution is -0.387. The van der Waals surface area contributed by atoms with Crippen molar-refractivity contribution in [3.63, 3.8) is 0 Å². The van der Waals surface area contributed by atoms with Crippen molar-refractivity contribution in [1.82, 2.24) is 4.31 Å². The van der Waals surface area contributed by atoms with Crippen molar-refractivity contribution < 1.29 is 23.0 Å². The van der Waals surface area contributed by atoms with Crippen LogP contribution >= 0.6 is 11.6 Å². The number of halogens is 1. The molecule has 12 heteroatoms. The van der Waals surface area contributed by atoms with Crippen molar-refractivity contribution in [3.8, 4) is 11.5 Å². The predicted molar refractivity (Wildman–Crippen MR) is 108 cm³/mol. The first kappa shape index (κ1) is 21.9. The molecule has 1 aliphatic rings. The average molecular weight is 456 g/mol. The summed E-state index contributed by atoms with van der Waals surface area (Å²) in [5, 5.41) is 22.9. The predicted octanol–water partition coefficient (Wildman–Crippen LogP) is 4.37. The maximum Gasteiger partial charge on any atom is 0.313 e. The van der Waals surface area contributed by atoms with E-state index in [0.717, 1.165) is 24.6 Å². The summed E-state index contributed by atoms with van der Waals surface area (Å²) in [4.78, 5) is 21.0. The van der Waals surface area contributed by atoms with Gasteiger partial charge < -0.3 is 4.74 Å².